The van der Waals surface area contributed by atoms with Crippen LogP contribution in [0.2, 0.25) is 19.6 Å². The Kier molecular flexibility index (Phi) is 3.93. The van der Waals surface area contributed by atoms with Gasteiger partial charge in [0.15, 0.2) is 0 Å². The highest BCUT2D eigenvalue weighted by atomic mass is 32.1. The highest BCUT2D eigenvalue weighted by Crippen LogP contribution is 2.40. The van der Waals surface area contributed by atoms with E-state index >= 15 is 0 Å². The number of thiophene rings is 1. The molecule has 2 heterocycles. The molecule has 5 rings (SSSR count). The average molecular weight is 398 g/mol. The fourth-order valence-electron chi connectivity index (χ4n) is 4.10. The van der Waals surface area contributed by atoms with Crippen molar-refractivity contribution in [1.29, 1.82) is 0 Å². The fourth-order valence-corrected chi connectivity index (χ4v) is 6.89. The number of nitrogens with zero attached hydrogens (tertiary/aromatic N) is 1. The molecule has 0 saturated carbocycles. The zero-order valence-corrected chi connectivity index (χ0v) is 18.5. The lowest BCUT2D eigenvalue weighted by atomic mass is 10.0. The Labute approximate surface area is 170 Å². The van der Waals surface area contributed by atoms with Crippen LogP contribution in [0.5, 0.6) is 0 Å². The third kappa shape index (κ3) is 2.77. The molecular weight excluding hydrogens is 374 g/mol. The maximum Gasteiger partial charge on any atom is 0.0785 e. The van der Waals surface area contributed by atoms with Gasteiger partial charge in [0.1, 0.15) is 0 Å². The first-order valence-corrected chi connectivity index (χ1v) is 14.1. The Morgan fingerprint density at radius 2 is 1.50 bits per heavy atom. The van der Waals surface area contributed by atoms with Gasteiger partial charge < -0.3 is 0 Å². The SMILES string of the molecule is Cc1cc(-c2cc([Si](C)(C)C)c3ccccc3n2)c2sc3ccccc3c2c1. The summed E-state index contributed by atoms with van der Waals surface area (Å²) in [6.07, 6.45) is 0. The van der Waals surface area contributed by atoms with E-state index in [0.29, 0.717) is 0 Å². The predicted molar refractivity (Wildman–Crippen MR) is 128 cm³/mol. The van der Waals surface area contributed by atoms with E-state index in [1.165, 1.54) is 41.9 Å². The van der Waals surface area contributed by atoms with Gasteiger partial charge in [0.2, 0.25) is 0 Å². The van der Waals surface area contributed by atoms with Crippen LogP contribution in [0.4, 0.5) is 0 Å². The molecule has 0 spiro atoms. The zero-order valence-electron chi connectivity index (χ0n) is 16.7. The molecule has 0 atom stereocenters. The summed E-state index contributed by atoms with van der Waals surface area (Å²) in [5.41, 5.74) is 4.77. The number of aromatic nitrogens is 1. The number of pyridine rings is 1. The van der Waals surface area contributed by atoms with E-state index in [2.05, 4.69) is 93.3 Å². The van der Waals surface area contributed by atoms with Gasteiger partial charge in [-0.1, -0.05) is 56.0 Å². The predicted octanol–water partition coefficient (Wildman–Crippen LogP) is 7.12. The van der Waals surface area contributed by atoms with Crippen LogP contribution < -0.4 is 5.19 Å². The van der Waals surface area contributed by atoms with Crippen LogP contribution in [-0.2, 0) is 0 Å². The normalized spacial score (nSPS) is 12.3. The molecule has 28 heavy (non-hydrogen) atoms. The van der Waals surface area contributed by atoms with E-state index in [1.54, 1.807) is 0 Å². The van der Waals surface area contributed by atoms with E-state index in [-0.39, 0.29) is 0 Å². The topological polar surface area (TPSA) is 12.9 Å². The molecule has 0 aliphatic carbocycles. The smallest absolute Gasteiger partial charge is 0.0785 e. The Balaban J connectivity index is 1.89. The first-order chi connectivity index (χ1) is 13.4. The van der Waals surface area contributed by atoms with Gasteiger partial charge in [0.05, 0.1) is 19.3 Å². The Bertz CT molecular complexity index is 1360. The third-order valence-corrected chi connectivity index (χ3v) is 8.67. The number of aryl methyl sites for hydroxylation is 1. The Hall–Kier alpha value is -2.49. The molecular formula is C25H23NSSi. The largest absolute Gasteiger partial charge is 0.248 e. The summed E-state index contributed by atoms with van der Waals surface area (Å²) in [5.74, 6) is 0. The van der Waals surface area contributed by atoms with Gasteiger partial charge in [-0.25, -0.2) is 4.98 Å². The second-order valence-electron chi connectivity index (χ2n) is 8.61. The van der Waals surface area contributed by atoms with Gasteiger partial charge in [-0.05, 0) is 53.4 Å². The van der Waals surface area contributed by atoms with Crippen LogP contribution in [0.15, 0.2) is 66.7 Å². The van der Waals surface area contributed by atoms with Crippen LogP contribution in [0.1, 0.15) is 5.56 Å². The monoisotopic (exact) mass is 397 g/mol. The van der Waals surface area contributed by atoms with E-state index in [9.17, 15) is 0 Å². The van der Waals surface area contributed by atoms with Crippen molar-refractivity contribution in [3.8, 4) is 11.3 Å². The number of hydrogen-bond acceptors (Lipinski definition) is 2. The molecule has 5 aromatic rings. The van der Waals surface area contributed by atoms with Crippen molar-refractivity contribution < 1.29 is 0 Å². The number of hydrogen-bond donors (Lipinski definition) is 0. The van der Waals surface area contributed by atoms with Crippen LogP contribution in [0, 0.1) is 6.92 Å². The number of para-hydroxylation sites is 1. The Morgan fingerprint density at radius 3 is 2.29 bits per heavy atom. The van der Waals surface area contributed by atoms with Crippen LogP contribution >= 0.6 is 11.3 Å². The minimum absolute atomic E-state index is 1.10. The van der Waals surface area contributed by atoms with Crippen molar-refractivity contribution in [2.45, 2.75) is 26.6 Å². The van der Waals surface area contributed by atoms with E-state index in [1.807, 2.05) is 11.3 Å². The molecule has 138 valence electrons. The van der Waals surface area contributed by atoms with Gasteiger partial charge in [-0.2, -0.15) is 0 Å². The number of rotatable bonds is 2. The molecule has 0 fully saturated rings. The highest BCUT2D eigenvalue weighted by Gasteiger charge is 2.22. The molecule has 0 amide bonds. The summed E-state index contributed by atoms with van der Waals surface area (Å²) < 4.78 is 2.69. The van der Waals surface area contributed by atoms with E-state index < -0.39 is 8.07 Å². The maximum absolute atomic E-state index is 5.11. The van der Waals surface area contributed by atoms with Crippen molar-refractivity contribution in [3.05, 3.63) is 72.3 Å². The summed E-state index contributed by atoms with van der Waals surface area (Å²) >= 11 is 1.88. The van der Waals surface area contributed by atoms with Gasteiger partial charge in [0.25, 0.3) is 0 Å². The molecule has 0 radical (unpaired) electrons. The van der Waals surface area contributed by atoms with Gasteiger partial charge >= 0.3 is 0 Å². The molecule has 0 unspecified atom stereocenters. The summed E-state index contributed by atoms with van der Waals surface area (Å²) in [6, 6.07) is 24.3. The van der Waals surface area contributed by atoms with E-state index in [4.69, 9.17) is 4.98 Å². The number of benzene rings is 3. The lowest BCUT2D eigenvalue weighted by Crippen LogP contribution is -2.38. The third-order valence-electron chi connectivity index (χ3n) is 5.42. The number of fused-ring (bicyclic) bond motifs is 4. The lowest BCUT2D eigenvalue weighted by Gasteiger charge is -2.20. The van der Waals surface area contributed by atoms with Gasteiger partial charge in [-0.15, -0.1) is 11.3 Å². The first-order valence-electron chi connectivity index (χ1n) is 9.74. The summed E-state index contributed by atoms with van der Waals surface area (Å²) in [4.78, 5) is 5.11. The summed E-state index contributed by atoms with van der Waals surface area (Å²) in [5, 5.41) is 5.49. The quantitative estimate of drug-likeness (QED) is 0.289. The molecule has 0 N–H and O–H groups in total. The van der Waals surface area contributed by atoms with Gasteiger partial charge in [-0.3, -0.25) is 0 Å². The van der Waals surface area contributed by atoms with Crippen molar-refractivity contribution in [2.24, 2.45) is 0 Å². The Morgan fingerprint density at radius 1 is 0.786 bits per heavy atom. The van der Waals surface area contributed by atoms with E-state index in [0.717, 1.165) is 11.2 Å². The minimum atomic E-state index is -1.51. The molecule has 3 aromatic carbocycles. The maximum atomic E-state index is 5.11. The molecule has 0 aliphatic rings. The molecule has 1 nitrogen and oxygen atoms in total. The second-order valence-corrected chi connectivity index (χ2v) is 14.7. The van der Waals surface area contributed by atoms with Crippen molar-refractivity contribution in [1.82, 2.24) is 4.98 Å². The zero-order chi connectivity index (χ0) is 19.5. The first kappa shape index (κ1) is 17.6. The highest BCUT2D eigenvalue weighted by molar-refractivity contribution is 7.26. The summed E-state index contributed by atoms with van der Waals surface area (Å²) in [6.45, 7) is 9.45. The van der Waals surface area contributed by atoms with Crippen LogP contribution in [0.25, 0.3) is 42.3 Å². The van der Waals surface area contributed by atoms with Crippen molar-refractivity contribution in [2.75, 3.05) is 0 Å². The molecule has 0 bridgehead atoms. The lowest BCUT2D eigenvalue weighted by molar-refractivity contribution is 1.40. The summed E-state index contributed by atoms with van der Waals surface area (Å²) in [7, 11) is -1.51. The minimum Gasteiger partial charge on any atom is -0.248 e. The van der Waals surface area contributed by atoms with Crippen molar-refractivity contribution in [3.63, 3.8) is 0 Å². The average Bonchev–Trinajstić information content (AvgIpc) is 3.04. The second kappa shape index (κ2) is 6.26. The molecule has 0 aliphatic heterocycles. The molecule has 0 saturated heterocycles. The molecule has 2 aromatic heterocycles. The van der Waals surface area contributed by atoms with Gasteiger partial charge in [0, 0.05) is 25.7 Å². The fraction of sp³-hybridized carbons (Fsp3) is 0.160. The molecule has 3 heteroatoms. The standard InChI is InChI=1S/C25H23NSSi/c1-16-13-19-17-9-6-8-12-23(17)27-25(19)20(14-16)22-15-24(28(2,3)4)18-10-5-7-11-21(18)26-22/h5-15H,1-4H3. The van der Waals surface area contributed by atoms with Crippen LogP contribution in [-0.4, -0.2) is 13.1 Å². The van der Waals surface area contributed by atoms with Crippen molar-refractivity contribution >= 4 is 55.7 Å². The van der Waals surface area contributed by atoms with Crippen LogP contribution in [0.3, 0.4) is 0 Å².